The van der Waals surface area contributed by atoms with E-state index in [1.807, 2.05) is 0 Å². The molecule has 1 aliphatic heterocycles. The number of hydrogen-bond donors (Lipinski definition) is 1. The molecule has 0 aromatic heterocycles. The van der Waals surface area contributed by atoms with Gasteiger partial charge in [-0.05, 0) is 75.3 Å². The van der Waals surface area contributed by atoms with Crippen LogP contribution in [0.4, 0.5) is 0 Å². The first kappa shape index (κ1) is 12.7. The third-order valence-electron chi connectivity index (χ3n) is 5.60. The fourth-order valence-corrected chi connectivity index (χ4v) is 4.56. The lowest BCUT2D eigenvalue weighted by Crippen LogP contribution is -2.30. The first-order chi connectivity index (χ1) is 8.81. The number of nitrogens with one attached hydrogen (secondary N) is 1. The molecule has 102 valence electrons. The van der Waals surface area contributed by atoms with Gasteiger partial charge in [0.25, 0.3) is 0 Å². The SMILES string of the molecule is O=C(CCC1CCCNC1)CC1CC2CCC1C2. The van der Waals surface area contributed by atoms with Gasteiger partial charge >= 0.3 is 0 Å². The van der Waals surface area contributed by atoms with Crippen molar-refractivity contribution < 1.29 is 4.79 Å². The van der Waals surface area contributed by atoms with E-state index in [4.69, 9.17) is 0 Å². The highest BCUT2D eigenvalue weighted by molar-refractivity contribution is 5.78. The van der Waals surface area contributed by atoms with Crippen molar-refractivity contribution in [2.75, 3.05) is 13.1 Å². The van der Waals surface area contributed by atoms with Gasteiger partial charge in [-0.2, -0.15) is 0 Å². The molecule has 0 radical (unpaired) electrons. The van der Waals surface area contributed by atoms with Gasteiger partial charge in [-0.1, -0.05) is 6.42 Å². The second kappa shape index (κ2) is 5.73. The molecule has 3 aliphatic rings. The van der Waals surface area contributed by atoms with Crippen LogP contribution >= 0.6 is 0 Å². The van der Waals surface area contributed by atoms with Crippen LogP contribution in [-0.2, 0) is 4.79 Å². The standard InChI is InChI=1S/C16H27NO/c18-16(6-4-12-2-1-7-17-11-12)10-15-9-13-3-5-14(15)8-13/h12-15,17H,1-11H2. The summed E-state index contributed by atoms with van der Waals surface area (Å²) < 4.78 is 0. The quantitative estimate of drug-likeness (QED) is 0.811. The minimum Gasteiger partial charge on any atom is -0.316 e. The topological polar surface area (TPSA) is 29.1 Å². The van der Waals surface area contributed by atoms with Crippen LogP contribution in [0.1, 0.15) is 57.8 Å². The van der Waals surface area contributed by atoms with Gasteiger partial charge < -0.3 is 5.32 Å². The largest absolute Gasteiger partial charge is 0.316 e. The summed E-state index contributed by atoms with van der Waals surface area (Å²) in [6.45, 7) is 2.32. The average Bonchev–Trinajstić information content (AvgIpc) is 3.00. The van der Waals surface area contributed by atoms with Crippen molar-refractivity contribution in [1.29, 1.82) is 0 Å². The highest BCUT2D eigenvalue weighted by Gasteiger charge is 2.39. The molecule has 2 aliphatic carbocycles. The molecule has 0 spiro atoms. The zero-order valence-corrected chi connectivity index (χ0v) is 11.5. The predicted molar refractivity (Wildman–Crippen MR) is 73.4 cm³/mol. The van der Waals surface area contributed by atoms with E-state index >= 15 is 0 Å². The first-order valence-electron chi connectivity index (χ1n) is 8.03. The Kier molecular flexibility index (Phi) is 4.03. The molecule has 2 heteroatoms. The third-order valence-corrected chi connectivity index (χ3v) is 5.60. The summed E-state index contributed by atoms with van der Waals surface area (Å²) in [4.78, 5) is 12.1. The summed E-state index contributed by atoms with van der Waals surface area (Å²) in [6, 6.07) is 0. The molecule has 1 N–H and O–H groups in total. The van der Waals surface area contributed by atoms with Crippen LogP contribution in [0, 0.1) is 23.7 Å². The second-order valence-electron chi connectivity index (χ2n) is 6.93. The van der Waals surface area contributed by atoms with Gasteiger partial charge in [-0.25, -0.2) is 0 Å². The van der Waals surface area contributed by atoms with Crippen LogP contribution in [0.2, 0.25) is 0 Å². The summed E-state index contributed by atoms with van der Waals surface area (Å²) >= 11 is 0. The third kappa shape index (κ3) is 2.96. The fourth-order valence-electron chi connectivity index (χ4n) is 4.56. The van der Waals surface area contributed by atoms with Gasteiger partial charge in [0.15, 0.2) is 0 Å². The highest BCUT2D eigenvalue weighted by atomic mass is 16.1. The summed E-state index contributed by atoms with van der Waals surface area (Å²) in [5.41, 5.74) is 0. The molecule has 0 aromatic carbocycles. The molecule has 3 fully saturated rings. The maximum atomic E-state index is 12.1. The summed E-state index contributed by atoms with van der Waals surface area (Å²) in [5, 5.41) is 3.44. The van der Waals surface area contributed by atoms with Crippen molar-refractivity contribution >= 4 is 5.78 Å². The molecular weight excluding hydrogens is 222 g/mol. The number of Topliss-reactive ketones (excluding diaryl/α,β-unsaturated/α-hetero) is 1. The molecule has 0 aromatic rings. The van der Waals surface area contributed by atoms with Crippen LogP contribution in [-0.4, -0.2) is 18.9 Å². The molecule has 1 saturated heterocycles. The van der Waals surface area contributed by atoms with E-state index in [2.05, 4.69) is 5.32 Å². The number of fused-ring (bicyclic) bond motifs is 2. The van der Waals surface area contributed by atoms with E-state index < -0.39 is 0 Å². The van der Waals surface area contributed by atoms with Crippen LogP contribution in [0.3, 0.4) is 0 Å². The van der Waals surface area contributed by atoms with Crippen LogP contribution in [0.5, 0.6) is 0 Å². The van der Waals surface area contributed by atoms with Gasteiger partial charge in [-0.15, -0.1) is 0 Å². The number of carbonyl (C=O) groups is 1. The van der Waals surface area contributed by atoms with Crippen molar-refractivity contribution in [2.45, 2.75) is 57.8 Å². The molecule has 2 saturated carbocycles. The molecular formula is C16H27NO. The Balaban J connectivity index is 1.36. The molecule has 2 nitrogen and oxygen atoms in total. The lowest BCUT2D eigenvalue weighted by atomic mass is 9.84. The smallest absolute Gasteiger partial charge is 0.133 e. The van der Waals surface area contributed by atoms with Crippen molar-refractivity contribution in [1.82, 2.24) is 5.32 Å². The summed E-state index contributed by atoms with van der Waals surface area (Å²) in [5.74, 6) is 3.98. The Bertz CT molecular complexity index is 295. The zero-order valence-electron chi connectivity index (χ0n) is 11.5. The molecule has 4 atom stereocenters. The maximum absolute atomic E-state index is 12.1. The highest BCUT2D eigenvalue weighted by Crippen LogP contribution is 2.49. The van der Waals surface area contributed by atoms with Crippen LogP contribution in [0.15, 0.2) is 0 Å². The van der Waals surface area contributed by atoms with Crippen molar-refractivity contribution in [3.63, 3.8) is 0 Å². The second-order valence-corrected chi connectivity index (χ2v) is 6.93. The molecule has 3 rings (SSSR count). The fraction of sp³-hybridized carbons (Fsp3) is 0.938. The number of rotatable bonds is 5. The van der Waals surface area contributed by atoms with E-state index in [0.717, 1.165) is 49.5 Å². The monoisotopic (exact) mass is 249 g/mol. The van der Waals surface area contributed by atoms with Crippen LogP contribution < -0.4 is 5.32 Å². The summed E-state index contributed by atoms with van der Waals surface area (Å²) in [6.07, 6.45) is 11.2. The Morgan fingerprint density at radius 3 is 2.78 bits per heavy atom. The van der Waals surface area contributed by atoms with Gasteiger partial charge in [0.05, 0.1) is 0 Å². The van der Waals surface area contributed by atoms with E-state index in [-0.39, 0.29) is 0 Å². The number of carbonyl (C=O) groups excluding carboxylic acids is 1. The van der Waals surface area contributed by atoms with E-state index in [9.17, 15) is 4.79 Å². The summed E-state index contributed by atoms with van der Waals surface area (Å²) in [7, 11) is 0. The normalized spacial score (nSPS) is 39.1. The van der Waals surface area contributed by atoms with Gasteiger partial charge in [0.2, 0.25) is 0 Å². The van der Waals surface area contributed by atoms with Gasteiger partial charge in [0, 0.05) is 12.8 Å². The molecule has 0 amide bonds. The number of piperidine rings is 1. The number of hydrogen-bond acceptors (Lipinski definition) is 2. The Hall–Kier alpha value is -0.370. The van der Waals surface area contributed by atoms with Crippen LogP contribution in [0.25, 0.3) is 0 Å². The molecule has 1 heterocycles. The number of ketones is 1. The van der Waals surface area contributed by atoms with E-state index in [0.29, 0.717) is 5.78 Å². The molecule has 4 unspecified atom stereocenters. The minimum atomic E-state index is 0.554. The Labute approximate surface area is 111 Å². The first-order valence-corrected chi connectivity index (χ1v) is 8.03. The molecule has 2 bridgehead atoms. The predicted octanol–water partition coefficient (Wildman–Crippen LogP) is 3.16. The van der Waals surface area contributed by atoms with Crippen molar-refractivity contribution in [3.8, 4) is 0 Å². The maximum Gasteiger partial charge on any atom is 0.133 e. The van der Waals surface area contributed by atoms with E-state index in [1.165, 1.54) is 45.1 Å². The van der Waals surface area contributed by atoms with Crippen molar-refractivity contribution in [2.24, 2.45) is 23.7 Å². The van der Waals surface area contributed by atoms with Crippen molar-refractivity contribution in [3.05, 3.63) is 0 Å². The minimum absolute atomic E-state index is 0.554. The van der Waals surface area contributed by atoms with Gasteiger partial charge in [0.1, 0.15) is 5.78 Å². The zero-order chi connectivity index (χ0) is 12.4. The van der Waals surface area contributed by atoms with E-state index in [1.54, 1.807) is 0 Å². The Morgan fingerprint density at radius 2 is 2.11 bits per heavy atom. The lowest BCUT2D eigenvalue weighted by molar-refractivity contribution is -0.120. The average molecular weight is 249 g/mol. The Morgan fingerprint density at radius 1 is 1.17 bits per heavy atom. The lowest BCUT2D eigenvalue weighted by Gasteiger charge is -2.23. The molecule has 18 heavy (non-hydrogen) atoms. The van der Waals surface area contributed by atoms with Gasteiger partial charge in [-0.3, -0.25) is 4.79 Å².